The van der Waals surface area contributed by atoms with Crippen LogP contribution in [-0.2, 0) is 12.5 Å². The number of hydrogen-bond donors (Lipinski definition) is 2. The first-order chi connectivity index (χ1) is 14.8. The van der Waals surface area contributed by atoms with Gasteiger partial charge in [-0.1, -0.05) is 12.1 Å². The smallest absolute Gasteiger partial charge is 0.270 e. The van der Waals surface area contributed by atoms with Crippen molar-refractivity contribution in [2.75, 3.05) is 5.32 Å². The van der Waals surface area contributed by atoms with E-state index in [0.29, 0.717) is 28.3 Å². The summed E-state index contributed by atoms with van der Waals surface area (Å²) >= 11 is 1.36. The summed E-state index contributed by atoms with van der Waals surface area (Å²) in [5, 5.41) is 14.2. The van der Waals surface area contributed by atoms with Crippen molar-refractivity contribution in [2.24, 2.45) is 0 Å². The molecular weight excluding hydrogens is 424 g/mol. The van der Waals surface area contributed by atoms with Gasteiger partial charge in [-0.3, -0.25) is 4.79 Å². The summed E-state index contributed by atoms with van der Waals surface area (Å²) in [7, 11) is 0. The largest absolute Gasteiger partial charge is 0.439 e. The van der Waals surface area contributed by atoms with Crippen molar-refractivity contribution in [3.05, 3.63) is 77.1 Å². The maximum Gasteiger partial charge on any atom is 0.270 e. The zero-order valence-electron chi connectivity index (χ0n) is 16.3. The number of rotatable bonds is 6. The Balaban J connectivity index is 1.54. The van der Waals surface area contributed by atoms with Gasteiger partial charge in [0, 0.05) is 45.9 Å². The van der Waals surface area contributed by atoms with Gasteiger partial charge < -0.3 is 15.2 Å². The zero-order valence-corrected chi connectivity index (χ0v) is 17.1. The molecule has 2 heterocycles. The molecular formula is C22H17F2N3O3S. The number of benzene rings is 2. The van der Waals surface area contributed by atoms with E-state index in [0.717, 1.165) is 11.6 Å². The Kier molecular flexibility index (Phi) is 5.62. The molecule has 0 aliphatic heterocycles. The van der Waals surface area contributed by atoms with Crippen LogP contribution in [0.4, 0.5) is 14.5 Å². The third-order valence-electron chi connectivity index (χ3n) is 4.46. The van der Waals surface area contributed by atoms with Gasteiger partial charge in [-0.05, 0) is 30.3 Å². The van der Waals surface area contributed by atoms with E-state index in [1.807, 2.05) is 0 Å². The minimum absolute atomic E-state index is 0.170. The molecule has 0 spiro atoms. The van der Waals surface area contributed by atoms with Crippen LogP contribution >= 0.6 is 11.3 Å². The molecule has 0 fully saturated rings. The second kappa shape index (κ2) is 8.37. The van der Waals surface area contributed by atoms with E-state index in [4.69, 9.17) is 9.84 Å². The number of carbonyl (C=O) groups excluding carboxylic acids is 1. The number of nitrogens with one attached hydrogen (secondary N) is 1. The van der Waals surface area contributed by atoms with Gasteiger partial charge in [-0.2, -0.15) is 4.98 Å². The molecule has 0 aliphatic carbocycles. The fraction of sp³-hybridized carbons (Fsp3) is 0.136. The monoisotopic (exact) mass is 441 g/mol. The topological polar surface area (TPSA) is 84.3 Å². The van der Waals surface area contributed by atoms with Gasteiger partial charge in [-0.25, -0.2) is 13.8 Å². The highest BCUT2D eigenvalue weighted by Gasteiger charge is 2.24. The average molecular weight is 441 g/mol. The van der Waals surface area contributed by atoms with Gasteiger partial charge in [0.15, 0.2) is 5.82 Å². The van der Waals surface area contributed by atoms with Crippen LogP contribution in [-0.4, -0.2) is 21.0 Å². The van der Waals surface area contributed by atoms with E-state index in [-0.39, 0.29) is 23.9 Å². The number of carbonyl (C=O) groups is 1. The Labute approximate surface area is 180 Å². The second-order valence-corrected chi connectivity index (χ2v) is 7.71. The molecule has 158 valence electrons. The summed E-state index contributed by atoms with van der Waals surface area (Å²) in [5.41, 5.74) is 0.563. The summed E-state index contributed by atoms with van der Waals surface area (Å²) in [6.07, 6.45) is 1.49. The van der Waals surface area contributed by atoms with Crippen LogP contribution in [0.2, 0.25) is 0 Å². The van der Waals surface area contributed by atoms with Gasteiger partial charge in [0.05, 0.1) is 5.56 Å². The number of aliphatic hydroxyl groups is 1. The van der Waals surface area contributed by atoms with Crippen LogP contribution in [0.3, 0.4) is 0 Å². The normalized spacial score (nSPS) is 11.5. The number of thiophene rings is 1. The molecule has 0 saturated heterocycles. The number of ether oxygens (including phenoxy) is 1. The van der Waals surface area contributed by atoms with E-state index in [2.05, 4.69) is 15.3 Å². The van der Waals surface area contributed by atoms with Crippen LogP contribution in [0.25, 0.3) is 10.1 Å². The summed E-state index contributed by atoms with van der Waals surface area (Å²) in [5.74, 6) is -2.32. The fourth-order valence-electron chi connectivity index (χ4n) is 2.95. The lowest BCUT2D eigenvalue weighted by molar-refractivity contribution is 0.0175. The molecule has 1 amide bonds. The number of aliphatic hydroxyl groups excluding tert-OH is 1. The second-order valence-electron chi connectivity index (χ2n) is 6.80. The van der Waals surface area contributed by atoms with Crippen molar-refractivity contribution in [1.29, 1.82) is 0 Å². The first-order valence-corrected chi connectivity index (χ1v) is 10.1. The lowest BCUT2D eigenvalue weighted by Crippen LogP contribution is -2.13. The molecule has 2 aromatic heterocycles. The summed E-state index contributed by atoms with van der Waals surface area (Å²) in [6.45, 7) is 0.518. The van der Waals surface area contributed by atoms with E-state index in [9.17, 15) is 13.6 Å². The SMILES string of the molecule is CC(F)(F)c1cccc(NC(=O)c2csc3cc(Oc4ccnc(CO)n4)ccc23)c1. The number of fused-ring (bicyclic) bond motifs is 1. The number of anilines is 1. The third-order valence-corrected chi connectivity index (χ3v) is 5.41. The van der Waals surface area contributed by atoms with Crippen molar-refractivity contribution in [3.63, 3.8) is 0 Å². The maximum absolute atomic E-state index is 13.5. The Hall–Kier alpha value is -3.43. The van der Waals surface area contributed by atoms with E-state index in [1.165, 1.54) is 35.7 Å². The third kappa shape index (κ3) is 4.68. The average Bonchev–Trinajstić information content (AvgIpc) is 3.17. The lowest BCUT2D eigenvalue weighted by atomic mass is 10.1. The number of nitrogens with zero attached hydrogens (tertiary/aromatic N) is 2. The van der Waals surface area contributed by atoms with E-state index >= 15 is 0 Å². The number of halogens is 2. The Morgan fingerprint density at radius 2 is 2.06 bits per heavy atom. The highest BCUT2D eigenvalue weighted by atomic mass is 32.1. The number of hydrogen-bond acceptors (Lipinski definition) is 6. The molecule has 4 aromatic rings. The minimum Gasteiger partial charge on any atom is -0.439 e. The number of amides is 1. The van der Waals surface area contributed by atoms with Gasteiger partial charge in [0.25, 0.3) is 11.8 Å². The van der Waals surface area contributed by atoms with Gasteiger partial charge in [0.1, 0.15) is 12.4 Å². The predicted octanol–water partition coefficient (Wildman–Crippen LogP) is 5.34. The lowest BCUT2D eigenvalue weighted by Gasteiger charge is -2.12. The zero-order chi connectivity index (χ0) is 22.0. The van der Waals surface area contributed by atoms with Crippen LogP contribution in [0, 0.1) is 0 Å². The van der Waals surface area contributed by atoms with Gasteiger partial charge in [-0.15, -0.1) is 11.3 Å². The molecule has 2 N–H and O–H groups in total. The van der Waals surface area contributed by atoms with Crippen LogP contribution in [0.1, 0.15) is 28.7 Å². The van der Waals surface area contributed by atoms with Crippen molar-refractivity contribution in [3.8, 4) is 11.6 Å². The molecule has 31 heavy (non-hydrogen) atoms. The molecule has 0 atom stereocenters. The number of aromatic nitrogens is 2. The molecule has 2 aromatic carbocycles. The molecule has 0 unspecified atom stereocenters. The van der Waals surface area contributed by atoms with Crippen LogP contribution in [0.5, 0.6) is 11.6 Å². The van der Waals surface area contributed by atoms with Crippen LogP contribution < -0.4 is 10.1 Å². The highest BCUT2D eigenvalue weighted by molar-refractivity contribution is 7.17. The molecule has 4 rings (SSSR count). The molecule has 6 nitrogen and oxygen atoms in total. The fourth-order valence-corrected chi connectivity index (χ4v) is 3.92. The molecule has 0 radical (unpaired) electrons. The van der Waals surface area contributed by atoms with Gasteiger partial charge >= 0.3 is 0 Å². The van der Waals surface area contributed by atoms with Crippen molar-refractivity contribution in [2.45, 2.75) is 19.5 Å². The van der Waals surface area contributed by atoms with E-state index in [1.54, 1.807) is 35.7 Å². The first-order valence-electron chi connectivity index (χ1n) is 9.25. The predicted molar refractivity (Wildman–Crippen MR) is 114 cm³/mol. The Morgan fingerprint density at radius 1 is 1.23 bits per heavy atom. The summed E-state index contributed by atoms with van der Waals surface area (Å²) in [4.78, 5) is 20.7. The molecule has 9 heteroatoms. The Morgan fingerprint density at radius 3 is 2.84 bits per heavy atom. The highest BCUT2D eigenvalue weighted by Crippen LogP contribution is 2.32. The molecule has 0 aliphatic rings. The maximum atomic E-state index is 13.5. The number of alkyl halides is 2. The molecule has 0 bridgehead atoms. The van der Waals surface area contributed by atoms with Crippen molar-refractivity contribution < 1.29 is 23.4 Å². The quantitative estimate of drug-likeness (QED) is 0.422. The van der Waals surface area contributed by atoms with Gasteiger partial charge in [0.2, 0.25) is 5.88 Å². The van der Waals surface area contributed by atoms with Crippen molar-refractivity contribution in [1.82, 2.24) is 9.97 Å². The summed E-state index contributed by atoms with van der Waals surface area (Å²) in [6, 6.07) is 12.4. The van der Waals surface area contributed by atoms with E-state index < -0.39 is 5.92 Å². The molecule has 0 saturated carbocycles. The minimum atomic E-state index is -2.99. The Bertz CT molecular complexity index is 1250. The van der Waals surface area contributed by atoms with Crippen LogP contribution in [0.15, 0.2) is 60.1 Å². The van der Waals surface area contributed by atoms with Crippen molar-refractivity contribution >= 4 is 33.0 Å². The standard InChI is InChI=1S/C22H17F2N3O3S/c1-22(23,24)13-3-2-4-14(9-13)26-21(29)17-12-31-18-10-15(5-6-16(17)18)30-20-7-8-25-19(11-28)27-20/h2-10,12,28H,11H2,1H3,(H,26,29). The summed E-state index contributed by atoms with van der Waals surface area (Å²) < 4.78 is 33.6. The first kappa shape index (κ1) is 20.8.